The van der Waals surface area contributed by atoms with Gasteiger partial charge in [0.1, 0.15) is 12.1 Å². The van der Waals surface area contributed by atoms with Gasteiger partial charge in [-0.1, -0.05) is 11.3 Å². The van der Waals surface area contributed by atoms with Gasteiger partial charge < -0.3 is 4.90 Å². The molecule has 5 rings (SSSR count). The number of benzene rings is 2. The van der Waals surface area contributed by atoms with Crippen LogP contribution in [0.1, 0.15) is 5.56 Å². The minimum atomic E-state index is -4.64. The average Bonchev–Trinajstić information content (AvgIpc) is 3.28. The summed E-state index contributed by atoms with van der Waals surface area (Å²) in [6, 6.07) is 9.34. The van der Waals surface area contributed by atoms with Crippen LogP contribution in [0.15, 0.2) is 59.8 Å². The van der Waals surface area contributed by atoms with Crippen molar-refractivity contribution >= 4 is 27.0 Å². The SMILES string of the molecule is O=S(=O)(c1cccc(C(F)(F)F)c1)N1CCN(c2ncnc3c2nnn3-c2ccc(F)cc2)CC1. The van der Waals surface area contributed by atoms with Gasteiger partial charge in [0.05, 0.1) is 16.1 Å². The second-order valence-corrected chi connectivity index (χ2v) is 9.70. The number of rotatable bonds is 4. The Balaban J connectivity index is 1.37. The topological polar surface area (TPSA) is 97.1 Å². The summed E-state index contributed by atoms with van der Waals surface area (Å²) in [5.74, 6) is 0.0471. The molecule has 3 heterocycles. The summed E-state index contributed by atoms with van der Waals surface area (Å²) in [6.07, 6.45) is -3.32. The van der Waals surface area contributed by atoms with Crippen LogP contribution in [0.5, 0.6) is 0 Å². The zero-order valence-electron chi connectivity index (χ0n) is 17.9. The minimum absolute atomic E-state index is 0.0379. The molecule has 14 heteroatoms. The first-order valence-electron chi connectivity index (χ1n) is 10.4. The lowest BCUT2D eigenvalue weighted by Crippen LogP contribution is -2.49. The molecular formula is C21H17F4N7O2S. The van der Waals surface area contributed by atoms with Crippen LogP contribution in [-0.4, -0.2) is 63.9 Å². The van der Waals surface area contributed by atoms with Crippen molar-refractivity contribution < 1.29 is 26.0 Å². The van der Waals surface area contributed by atoms with Crippen LogP contribution in [0.2, 0.25) is 0 Å². The van der Waals surface area contributed by atoms with Crippen molar-refractivity contribution in [3.63, 3.8) is 0 Å². The van der Waals surface area contributed by atoms with Crippen molar-refractivity contribution in [3.05, 3.63) is 66.2 Å². The molecule has 0 atom stereocenters. The zero-order chi connectivity index (χ0) is 24.8. The molecule has 0 N–H and O–H groups in total. The highest BCUT2D eigenvalue weighted by Gasteiger charge is 2.34. The summed E-state index contributed by atoms with van der Waals surface area (Å²) in [6.45, 7) is 0.535. The average molecular weight is 507 g/mol. The lowest BCUT2D eigenvalue weighted by atomic mass is 10.2. The summed E-state index contributed by atoms with van der Waals surface area (Å²) >= 11 is 0. The maximum atomic E-state index is 13.3. The molecule has 1 aliphatic heterocycles. The van der Waals surface area contributed by atoms with Crippen molar-refractivity contribution in [2.24, 2.45) is 0 Å². The van der Waals surface area contributed by atoms with E-state index in [9.17, 15) is 26.0 Å². The first-order valence-corrected chi connectivity index (χ1v) is 11.8. The molecular weight excluding hydrogens is 490 g/mol. The van der Waals surface area contributed by atoms with Crippen molar-refractivity contribution in [2.75, 3.05) is 31.1 Å². The number of anilines is 1. The van der Waals surface area contributed by atoms with Crippen LogP contribution in [0.25, 0.3) is 16.9 Å². The highest BCUT2D eigenvalue weighted by atomic mass is 32.2. The number of aromatic nitrogens is 5. The first kappa shape index (κ1) is 23.1. The van der Waals surface area contributed by atoms with E-state index >= 15 is 0 Å². The Labute approximate surface area is 196 Å². The van der Waals surface area contributed by atoms with Gasteiger partial charge >= 0.3 is 6.18 Å². The van der Waals surface area contributed by atoms with Crippen LogP contribution in [0.4, 0.5) is 23.4 Å². The maximum Gasteiger partial charge on any atom is 0.416 e. The number of halogens is 4. The molecule has 2 aromatic heterocycles. The third kappa shape index (κ3) is 4.30. The molecule has 0 aliphatic carbocycles. The molecule has 0 bridgehead atoms. The fourth-order valence-electron chi connectivity index (χ4n) is 3.85. The molecule has 1 aliphatic rings. The summed E-state index contributed by atoms with van der Waals surface area (Å²) in [5.41, 5.74) is 0.298. The first-order chi connectivity index (χ1) is 16.6. The van der Waals surface area contributed by atoms with Gasteiger partial charge in [0.2, 0.25) is 10.0 Å². The third-order valence-corrected chi connectivity index (χ3v) is 7.52. The number of fused-ring (bicyclic) bond motifs is 1. The van der Waals surface area contributed by atoms with Crippen LogP contribution in [0.3, 0.4) is 0 Å². The van der Waals surface area contributed by atoms with Crippen molar-refractivity contribution in [3.8, 4) is 5.69 Å². The Morgan fingerprint density at radius 3 is 2.31 bits per heavy atom. The van der Waals surface area contributed by atoms with Crippen molar-refractivity contribution in [2.45, 2.75) is 11.1 Å². The minimum Gasteiger partial charge on any atom is -0.352 e. The number of hydrogen-bond acceptors (Lipinski definition) is 7. The quantitative estimate of drug-likeness (QED) is 0.392. The molecule has 182 valence electrons. The molecule has 35 heavy (non-hydrogen) atoms. The number of sulfonamides is 1. The summed E-state index contributed by atoms with van der Waals surface area (Å²) < 4.78 is 80.9. The van der Waals surface area contributed by atoms with Gasteiger partial charge in [-0.15, -0.1) is 5.10 Å². The zero-order valence-corrected chi connectivity index (χ0v) is 18.7. The van der Waals surface area contributed by atoms with Gasteiger partial charge in [0, 0.05) is 26.2 Å². The maximum absolute atomic E-state index is 13.3. The van der Waals surface area contributed by atoms with E-state index in [4.69, 9.17) is 0 Å². The van der Waals surface area contributed by atoms with E-state index in [1.165, 1.54) is 35.3 Å². The van der Waals surface area contributed by atoms with Gasteiger partial charge in [-0.2, -0.15) is 22.2 Å². The highest BCUT2D eigenvalue weighted by molar-refractivity contribution is 7.89. The normalized spacial score (nSPS) is 15.6. The summed E-state index contributed by atoms with van der Waals surface area (Å²) in [5, 5.41) is 8.24. The van der Waals surface area contributed by atoms with Crippen LogP contribution in [-0.2, 0) is 16.2 Å². The van der Waals surface area contributed by atoms with Crippen LogP contribution < -0.4 is 4.90 Å². The van der Waals surface area contributed by atoms with Gasteiger partial charge in [-0.25, -0.2) is 22.8 Å². The number of piperazine rings is 1. The highest BCUT2D eigenvalue weighted by Crippen LogP contribution is 2.31. The van der Waals surface area contributed by atoms with Crippen molar-refractivity contribution in [1.82, 2.24) is 29.3 Å². The van der Waals surface area contributed by atoms with E-state index in [0.29, 0.717) is 28.7 Å². The van der Waals surface area contributed by atoms with Crippen LogP contribution in [0, 0.1) is 5.82 Å². The van der Waals surface area contributed by atoms with E-state index in [0.717, 1.165) is 22.5 Å². The Hall–Kier alpha value is -3.65. The van der Waals surface area contributed by atoms with Gasteiger partial charge in [0.15, 0.2) is 17.0 Å². The largest absolute Gasteiger partial charge is 0.416 e. The Morgan fingerprint density at radius 1 is 0.914 bits per heavy atom. The van der Waals surface area contributed by atoms with Crippen molar-refractivity contribution in [1.29, 1.82) is 0 Å². The summed E-state index contributed by atoms with van der Waals surface area (Å²) in [4.78, 5) is 9.91. The Bertz CT molecular complexity index is 1480. The summed E-state index contributed by atoms with van der Waals surface area (Å²) in [7, 11) is -4.12. The predicted octanol–water partition coefficient (Wildman–Crippen LogP) is 2.88. The molecule has 1 fully saturated rings. The molecule has 0 saturated carbocycles. The molecule has 0 radical (unpaired) electrons. The predicted molar refractivity (Wildman–Crippen MR) is 117 cm³/mol. The number of nitrogens with zero attached hydrogens (tertiary/aromatic N) is 7. The lowest BCUT2D eigenvalue weighted by Gasteiger charge is -2.34. The molecule has 0 amide bonds. The van der Waals surface area contributed by atoms with Gasteiger partial charge in [0.25, 0.3) is 0 Å². The number of alkyl halides is 3. The van der Waals surface area contributed by atoms with E-state index in [1.807, 2.05) is 4.90 Å². The van der Waals surface area contributed by atoms with Crippen LogP contribution >= 0.6 is 0 Å². The van der Waals surface area contributed by atoms with Gasteiger partial charge in [-0.05, 0) is 42.5 Å². The number of hydrogen-bond donors (Lipinski definition) is 0. The molecule has 1 saturated heterocycles. The fraction of sp³-hybridized carbons (Fsp3) is 0.238. The molecule has 9 nitrogen and oxygen atoms in total. The monoisotopic (exact) mass is 507 g/mol. The second-order valence-electron chi connectivity index (χ2n) is 7.76. The lowest BCUT2D eigenvalue weighted by molar-refractivity contribution is -0.137. The molecule has 0 unspecified atom stereocenters. The molecule has 2 aromatic carbocycles. The Morgan fingerprint density at radius 2 is 1.63 bits per heavy atom. The van der Waals surface area contributed by atoms with E-state index in [1.54, 1.807) is 0 Å². The molecule has 4 aromatic rings. The Kier molecular flexibility index (Phi) is 5.63. The standard InChI is InChI=1S/C21H17F4N7O2S/c22-15-4-6-16(7-5-15)32-20-18(28-29-32)19(26-13-27-20)30-8-10-31(11-9-30)35(33,34)17-3-1-2-14(12-17)21(23,24)25/h1-7,12-13H,8-11H2. The molecule has 0 spiro atoms. The fourth-order valence-corrected chi connectivity index (χ4v) is 5.32. The van der Waals surface area contributed by atoms with E-state index in [-0.39, 0.29) is 26.2 Å². The smallest absolute Gasteiger partial charge is 0.352 e. The van der Waals surface area contributed by atoms with E-state index in [2.05, 4.69) is 20.3 Å². The van der Waals surface area contributed by atoms with Gasteiger partial charge in [-0.3, -0.25) is 0 Å². The third-order valence-electron chi connectivity index (χ3n) is 5.63. The second kappa shape index (κ2) is 8.53. The van der Waals surface area contributed by atoms with E-state index < -0.39 is 32.5 Å².